The molecule has 2 heterocycles. The van der Waals surface area contributed by atoms with Crippen LogP contribution in [-0.2, 0) is 11.0 Å². The molecule has 1 aromatic heterocycles. The number of benzene rings is 1. The second-order valence-corrected chi connectivity index (χ2v) is 8.20. The first kappa shape index (κ1) is 20.5. The summed E-state index contributed by atoms with van der Waals surface area (Å²) in [5.41, 5.74) is 0.420. The molecule has 1 aliphatic heterocycles. The van der Waals surface area contributed by atoms with Crippen molar-refractivity contribution >= 4 is 23.5 Å². The van der Waals surface area contributed by atoms with Crippen LogP contribution in [0.2, 0.25) is 0 Å². The number of carbonyl (C=O) groups is 1. The average molecular weight is 409 g/mol. The smallest absolute Gasteiger partial charge is 0.353 e. The highest BCUT2D eigenvalue weighted by molar-refractivity contribution is 8.00. The van der Waals surface area contributed by atoms with E-state index < -0.39 is 11.7 Å². The third kappa shape index (κ3) is 4.98. The van der Waals surface area contributed by atoms with Gasteiger partial charge in [-0.15, -0.1) is 11.8 Å². The van der Waals surface area contributed by atoms with Crippen molar-refractivity contribution in [3.63, 3.8) is 0 Å². The number of hydrogen-bond donors (Lipinski definition) is 0. The molecular weight excluding hydrogens is 387 g/mol. The molecule has 0 radical (unpaired) electrons. The number of carbonyl (C=O) groups excluding carboxylic acids is 1. The van der Waals surface area contributed by atoms with Crippen molar-refractivity contribution in [3.8, 4) is 0 Å². The monoisotopic (exact) mass is 409 g/mol. The molecular formula is C20H22F3N3OS. The van der Waals surface area contributed by atoms with E-state index in [-0.39, 0.29) is 11.2 Å². The van der Waals surface area contributed by atoms with Crippen LogP contribution in [0.25, 0.3) is 0 Å². The van der Waals surface area contributed by atoms with Crippen LogP contribution in [0, 0.1) is 6.92 Å². The van der Waals surface area contributed by atoms with Crippen LogP contribution < -0.4 is 4.90 Å². The topological polar surface area (TPSA) is 36.4 Å². The zero-order chi connectivity index (χ0) is 20.3. The highest BCUT2D eigenvalue weighted by atomic mass is 32.2. The van der Waals surface area contributed by atoms with Gasteiger partial charge in [-0.05, 0) is 38.1 Å². The predicted molar refractivity (Wildman–Crippen MR) is 105 cm³/mol. The Labute approximate surface area is 166 Å². The van der Waals surface area contributed by atoms with E-state index in [0.29, 0.717) is 32.0 Å². The molecule has 0 aliphatic carbocycles. The quantitative estimate of drug-likeness (QED) is 0.708. The minimum atomic E-state index is -4.39. The van der Waals surface area contributed by atoms with Gasteiger partial charge in [0.05, 0.1) is 10.8 Å². The average Bonchev–Trinajstić information content (AvgIpc) is 2.69. The Morgan fingerprint density at radius 1 is 1.07 bits per heavy atom. The molecule has 2 aromatic rings. The lowest BCUT2D eigenvalue weighted by molar-refractivity contribution is -0.137. The van der Waals surface area contributed by atoms with Crippen molar-refractivity contribution in [2.24, 2.45) is 0 Å². The highest BCUT2D eigenvalue weighted by Crippen LogP contribution is 2.30. The van der Waals surface area contributed by atoms with Gasteiger partial charge in [-0.2, -0.15) is 13.2 Å². The maximum Gasteiger partial charge on any atom is 0.417 e. The molecule has 150 valence electrons. The van der Waals surface area contributed by atoms with E-state index in [1.54, 1.807) is 0 Å². The Kier molecular flexibility index (Phi) is 6.17. The van der Waals surface area contributed by atoms with Gasteiger partial charge >= 0.3 is 6.18 Å². The van der Waals surface area contributed by atoms with Crippen molar-refractivity contribution in [3.05, 3.63) is 53.7 Å². The minimum Gasteiger partial charge on any atom is -0.353 e. The number of nitrogens with zero attached hydrogens (tertiary/aromatic N) is 3. The summed E-state index contributed by atoms with van der Waals surface area (Å²) in [5, 5.41) is -0.196. The Hall–Kier alpha value is -2.22. The molecule has 1 atom stereocenters. The number of piperazine rings is 1. The van der Waals surface area contributed by atoms with Gasteiger partial charge < -0.3 is 9.80 Å². The molecule has 1 aromatic carbocycles. The molecule has 28 heavy (non-hydrogen) atoms. The summed E-state index contributed by atoms with van der Waals surface area (Å²) in [7, 11) is 0. The molecule has 1 saturated heterocycles. The standard InChI is InChI=1S/C20H22F3N3OS/c1-14-3-6-17(7-4-14)28-15(2)19(27)26-11-9-25(10-12-26)18-8-5-16(13-24-18)20(21,22)23/h3-8,13,15H,9-12H2,1-2H3. The van der Waals surface area contributed by atoms with Crippen molar-refractivity contribution in [2.75, 3.05) is 31.1 Å². The molecule has 1 amide bonds. The number of aromatic nitrogens is 1. The number of amides is 1. The van der Waals surface area contributed by atoms with Crippen molar-refractivity contribution in [2.45, 2.75) is 30.2 Å². The predicted octanol–water partition coefficient (Wildman–Crippen LogP) is 4.24. The van der Waals surface area contributed by atoms with Gasteiger partial charge in [-0.3, -0.25) is 4.79 Å². The largest absolute Gasteiger partial charge is 0.417 e. The molecule has 1 unspecified atom stereocenters. The van der Waals surface area contributed by atoms with Crippen LogP contribution >= 0.6 is 11.8 Å². The van der Waals surface area contributed by atoms with Crippen molar-refractivity contribution in [1.82, 2.24) is 9.88 Å². The number of rotatable bonds is 4. The van der Waals surface area contributed by atoms with E-state index in [4.69, 9.17) is 0 Å². The molecule has 0 saturated carbocycles. The van der Waals surface area contributed by atoms with Crippen LogP contribution in [-0.4, -0.2) is 47.2 Å². The lowest BCUT2D eigenvalue weighted by atomic mass is 10.2. The number of halogens is 3. The lowest BCUT2D eigenvalue weighted by Crippen LogP contribution is -2.50. The number of thioether (sulfide) groups is 1. The van der Waals surface area contributed by atoms with Crippen LogP contribution in [0.4, 0.5) is 19.0 Å². The summed E-state index contributed by atoms with van der Waals surface area (Å²) in [6.45, 7) is 6.07. The first-order valence-electron chi connectivity index (χ1n) is 9.04. The van der Waals surface area contributed by atoms with Gasteiger partial charge in [0.2, 0.25) is 5.91 Å². The molecule has 0 spiro atoms. The Morgan fingerprint density at radius 2 is 1.71 bits per heavy atom. The Bertz CT molecular complexity index is 801. The minimum absolute atomic E-state index is 0.0746. The summed E-state index contributed by atoms with van der Waals surface area (Å²) in [6.07, 6.45) is -3.53. The van der Waals surface area contributed by atoms with E-state index in [2.05, 4.69) is 4.98 Å². The lowest BCUT2D eigenvalue weighted by Gasteiger charge is -2.36. The van der Waals surface area contributed by atoms with E-state index >= 15 is 0 Å². The molecule has 0 N–H and O–H groups in total. The fourth-order valence-electron chi connectivity index (χ4n) is 3.03. The highest BCUT2D eigenvalue weighted by Gasteiger charge is 2.31. The number of pyridine rings is 1. The summed E-state index contributed by atoms with van der Waals surface area (Å²) < 4.78 is 38.0. The summed E-state index contributed by atoms with van der Waals surface area (Å²) in [5.74, 6) is 0.577. The van der Waals surface area contributed by atoms with Crippen LogP contribution in [0.5, 0.6) is 0 Å². The Morgan fingerprint density at radius 3 is 2.25 bits per heavy atom. The van der Waals surface area contributed by atoms with Gasteiger partial charge in [0.15, 0.2) is 0 Å². The molecule has 8 heteroatoms. The van der Waals surface area contributed by atoms with Crippen molar-refractivity contribution < 1.29 is 18.0 Å². The second-order valence-electron chi connectivity index (χ2n) is 6.79. The summed E-state index contributed by atoms with van der Waals surface area (Å²) in [6, 6.07) is 10.5. The Balaban J connectivity index is 1.54. The van der Waals surface area contributed by atoms with E-state index in [1.807, 2.05) is 47.9 Å². The summed E-state index contributed by atoms with van der Waals surface area (Å²) >= 11 is 1.53. The number of alkyl halides is 3. The third-order valence-corrected chi connectivity index (χ3v) is 5.77. The first-order chi connectivity index (χ1) is 13.2. The van der Waals surface area contributed by atoms with Crippen LogP contribution in [0.15, 0.2) is 47.5 Å². The van der Waals surface area contributed by atoms with Crippen molar-refractivity contribution in [1.29, 1.82) is 0 Å². The zero-order valence-electron chi connectivity index (χ0n) is 15.7. The first-order valence-corrected chi connectivity index (χ1v) is 9.92. The SMILES string of the molecule is Cc1ccc(SC(C)C(=O)N2CCN(c3ccc(C(F)(F)F)cn3)CC2)cc1. The fourth-order valence-corrected chi connectivity index (χ4v) is 3.98. The van der Waals surface area contributed by atoms with Crippen LogP contribution in [0.1, 0.15) is 18.1 Å². The van der Waals surface area contributed by atoms with E-state index in [0.717, 1.165) is 17.2 Å². The molecule has 0 bridgehead atoms. The summed E-state index contributed by atoms with van der Waals surface area (Å²) in [4.78, 5) is 21.4. The molecule has 1 aliphatic rings. The molecule has 3 rings (SSSR count). The second kappa shape index (κ2) is 8.43. The van der Waals surface area contributed by atoms with Gasteiger partial charge in [0.25, 0.3) is 0 Å². The van der Waals surface area contributed by atoms with Gasteiger partial charge in [-0.25, -0.2) is 4.98 Å². The number of aryl methyl sites for hydroxylation is 1. The van der Waals surface area contributed by atoms with Gasteiger partial charge in [-0.1, -0.05) is 17.7 Å². The maximum absolute atomic E-state index is 12.7. The number of hydrogen-bond acceptors (Lipinski definition) is 4. The van der Waals surface area contributed by atoms with Gasteiger partial charge in [0.1, 0.15) is 5.82 Å². The fraction of sp³-hybridized carbons (Fsp3) is 0.400. The number of anilines is 1. The molecule has 1 fully saturated rings. The third-order valence-electron chi connectivity index (χ3n) is 4.67. The van der Waals surface area contributed by atoms with Crippen LogP contribution in [0.3, 0.4) is 0 Å². The van der Waals surface area contributed by atoms with E-state index in [9.17, 15) is 18.0 Å². The maximum atomic E-state index is 12.7. The van der Waals surface area contributed by atoms with E-state index in [1.165, 1.54) is 23.4 Å². The van der Waals surface area contributed by atoms with Gasteiger partial charge in [0, 0.05) is 37.3 Å². The zero-order valence-corrected chi connectivity index (χ0v) is 16.6. The normalized spacial score (nSPS) is 16.2. The molecule has 4 nitrogen and oxygen atoms in total.